The van der Waals surface area contributed by atoms with Gasteiger partial charge in [-0.2, -0.15) is 0 Å². The molecule has 1 saturated heterocycles. The summed E-state index contributed by atoms with van der Waals surface area (Å²) in [5.74, 6) is -0.745. The Morgan fingerprint density at radius 2 is 1.77 bits per heavy atom. The Balaban J connectivity index is 2.20. The number of carbonyl (C=O) groups excluding carboxylic acids is 2. The molecule has 0 aliphatic carbocycles. The van der Waals surface area contributed by atoms with Crippen LogP contribution in [0.2, 0.25) is 0 Å². The summed E-state index contributed by atoms with van der Waals surface area (Å²) >= 11 is 0. The van der Waals surface area contributed by atoms with Gasteiger partial charge in [0.1, 0.15) is 24.4 Å². The first-order valence-electron chi connectivity index (χ1n) is 6.73. The van der Waals surface area contributed by atoms with Crippen LogP contribution in [0.15, 0.2) is 24.3 Å². The standard InChI is InChI=1S/C14H18N2O6/c1-7-2-4-8(5-3-7)16-13(21)10(15-14(16)22)12(20)11(19)9(18)6-17/h2-5,9-12,17-20H,6H2,1H3,(H,15,22)/t9-,10-,11-,12-/m1/s1. The quantitative estimate of drug-likeness (QED) is 0.421. The van der Waals surface area contributed by atoms with Crippen molar-refractivity contribution in [2.45, 2.75) is 31.3 Å². The van der Waals surface area contributed by atoms with E-state index in [1.165, 1.54) is 0 Å². The molecule has 0 saturated carbocycles. The summed E-state index contributed by atoms with van der Waals surface area (Å²) in [6, 6.07) is 4.49. The molecule has 0 spiro atoms. The van der Waals surface area contributed by atoms with Gasteiger partial charge in [0.25, 0.3) is 5.91 Å². The van der Waals surface area contributed by atoms with E-state index in [-0.39, 0.29) is 0 Å². The van der Waals surface area contributed by atoms with Gasteiger partial charge in [-0.3, -0.25) is 4.79 Å². The number of nitrogens with one attached hydrogen (secondary N) is 1. The summed E-state index contributed by atoms with van der Waals surface area (Å²) in [6.07, 6.45) is -5.13. The summed E-state index contributed by atoms with van der Waals surface area (Å²) in [7, 11) is 0. The highest BCUT2D eigenvalue weighted by Gasteiger charge is 2.46. The minimum Gasteiger partial charge on any atom is -0.394 e. The van der Waals surface area contributed by atoms with Crippen LogP contribution in [-0.4, -0.2) is 63.3 Å². The Kier molecular flexibility index (Phi) is 4.77. The van der Waals surface area contributed by atoms with Crippen LogP contribution in [0.25, 0.3) is 0 Å². The van der Waals surface area contributed by atoms with E-state index in [9.17, 15) is 24.9 Å². The van der Waals surface area contributed by atoms with Crippen molar-refractivity contribution < 1.29 is 30.0 Å². The second-order valence-electron chi connectivity index (χ2n) is 5.17. The van der Waals surface area contributed by atoms with Crippen LogP contribution < -0.4 is 10.2 Å². The fourth-order valence-electron chi connectivity index (χ4n) is 2.20. The predicted octanol–water partition coefficient (Wildman–Crippen LogP) is -1.51. The summed E-state index contributed by atoms with van der Waals surface area (Å²) in [5, 5.41) is 39.9. The number of aryl methyl sites for hydroxylation is 1. The number of nitrogens with zero attached hydrogens (tertiary/aromatic N) is 1. The Bertz CT molecular complexity index is 561. The zero-order chi connectivity index (χ0) is 16.4. The van der Waals surface area contributed by atoms with E-state index in [0.29, 0.717) is 5.69 Å². The van der Waals surface area contributed by atoms with Gasteiger partial charge in [0.2, 0.25) is 0 Å². The zero-order valence-corrected chi connectivity index (χ0v) is 11.9. The lowest BCUT2D eigenvalue weighted by Crippen LogP contribution is -2.52. The molecule has 1 aromatic rings. The van der Waals surface area contributed by atoms with Gasteiger partial charge in [-0.1, -0.05) is 17.7 Å². The number of carbonyl (C=O) groups is 2. The largest absolute Gasteiger partial charge is 0.394 e. The average Bonchev–Trinajstić information content (AvgIpc) is 2.81. The molecule has 1 aliphatic heterocycles. The molecule has 0 bridgehead atoms. The zero-order valence-electron chi connectivity index (χ0n) is 11.9. The monoisotopic (exact) mass is 310 g/mol. The number of urea groups is 1. The van der Waals surface area contributed by atoms with Gasteiger partial charge in [-0.25, -0.2) is 9.69 Å². The molecular formula is C14H18N2O6. The average molecular weight is 310 g/mol. The highest BCUT2D eigenvalue weighted by molar-refractivity contribution is 6.21. The first kappa shape index (κ1) is 16.4. The fraction of sp³-hybridized carbons (Fsp3) is 0.429. The third-order valence-corrected chi connectivity index (χ3v) is 3.53. The number of hydrogen-bond donors (Lipinski definition) is 5. The SMILES string of the molecule is Cc1ccc(N2C(=O)N[C@H]([C@@H](O)[C@H](O)[C@H](O)CO)C2=O)cc1. The molecule has 1 aliphatic rings. The highest BCUT2D eigenvalue weighted by Crippen LogP contribution is 2.22. The smallest absolute Gasteiger partial charge is 0.329 e. The van der Waals surface area contributed by atoms with Gasteiger partial charge in [0, 0.05) is 0 Å². The Morgan fingerprint density at radius 1 is 1.18 bits per heavy atom. The molecule has 2 rings (SSSR count). The molecule has 0 radical (unpaired) electrons. The number of anilines is 1. The Morgan fingerprint density at radius 3 is 2.32 bits per heavy atom. The molecule has 4 atom stereocenters. The van der Waals surface area contributed by atoms with Crippen molar-refractivity contribution in [3.8, 4) is 0 Å². The molecule has 1 aromatic carbocycles. The molecule has 0 unspecified atom stereocenters. The molecular weight excluding hydrogens is 292 g/mol. The summed E-state index contributed by atoms with van der Waals surface area (Å²) in [4.78, 5) is 25.1. The van der Waals surface area contributed by atoms with Gasteiger partial charge in [-0.15, -0.1) is 0 Å². The van der Waals surface area contributed by atoms with Gasteiger partial charge >= 0.3 is 6.03 Å². The van der Waals surface area contributed by atoms with Crippen LogP contribution in [0.3, 0.4) is 0 Å². The topological polar surface area (TPSA) is 130 Å². The van der Waals surface area contributed by atoms with E-state index in [1.54, 1.807) is 24.3 Å². The van der Waals surface area contributed by atoms with Crippen molar-refractivity contribution >= 4 is 17.6 Å². The number of amides is 3. The molecule has 22 heavy (non-hydrogen) atoms. The first-order valence-corrected chi connectivity index (χ1v) is 6.73. The maximum atomic E-state index is 12.3. The van der Waals surface area contributed by atoms with Crippen LogP contribution >= 0.6 is 0 Å². The normalized spacial score (nSPS) is 22.4. The molecule has 120 valence electrons. The molecule has 1 heterocycles. The Labute approximate surface area is 126 Å². The van der Waals surface area contributed by atoms with E-state index < -0.39 is 42.9 Å². The van der Waals surface area contributed by atoms with Crippen LogP contribution in [0.5, 0.6) is 0 Å². The van der Waals surface area contributed by atoms with Crippen molar-refractivity contribution in [1.82, 2.24) is 5.32 Å². The van der Waals surface area contributed by atoms with Gasteiger partial charge < -0.3 is 25.7 Å². The first-order chi connectivity index (χ1) is 10.4. The molecule has 0 aromatic heterocycles. The van der Waals surface area contributed by atoms with Crippen LogP contribution in [0, 0.1) is 6.92 Å². The third-order valence-electron chi connectivity index (χ3n) is 3.53. The van der Waals surface area contributed by atoms with Crippen molar-refractivity contribution in [1.29, 1.82) is 0 Å². The predicted molar refractivity (Wildman–Crippen MR) is 76.1 cm³/mol. The molecule has 8 nitrogen and oxygen atoms in total. The van der Waals surface area contributed by atoms with E-state index in [4.69, 9.17) is 5.11 Å². The molecule has 8 heteroatoms. The second kappa shape index (κ2) is 6.41. The van der Waals surface area contributed by atoms with Crippen molar-refractivity contribution in [3.63, 3.8) is 0 Å². The Hall–Kier alpha value is -2.00. The maximum Gasteiger partial charge on any atom is 0.329 e. The van der Waals surface area contributed by atoms with Gasteiger partial charge in [0.05, 0.1) is 12.3 Å². The lowest BCUT2D eigenvalue weighted by atomic mass is 10.0. The number of hydrogen-bond acceptors (Lipinski definition) is 6. The minimum absolute atomic E-state index is 0.333. The molecule has 1 fully saturated rings. The number of aliphatic hydroxyl groups excluding tert-OH is 4. The van der Waals surface area contributed by atoms with Gasteiger partial charge in [-0.05, 0) is 19.1 Å². The van der Waals surface area contributed by atoms with E-state index >= 15 is 0 Å². The highest BCUT2D eigenvalue weighted by atomic mass is 16.4. The van der Waals surface area contributed by atoms with Gasteiger partial charge in [0.15, 0.2) is 0 Å². The van der Waals surface area contributed by atoms with Crippen LogP contribution in [0.1, 0.15) is 5.56 Å². The van der Waals surface area contributed by atoms with E-state index in [0.717, 1.165) is 10.5 Å². The van der Waals surface area contributed by atoms with Crippen molar-refractivity contribution in [2.75, 3.05) is 11.5 Å². The summed E-state index contributed by atoms with van der Waals surface area (Å²) < 4.78 is 0. The third kappa shape index (κ3) is 2.95. The second-order valence-corrected chi connectivity index (χ2v) is 5.17. The lowest BCUT2D eigenvalue weighted by molar-refractivity contribution is -0.127. The lowest BCUT2D eigenvalue weighted by Gasteiger charge is -2.24. The summed E-state index contributed by atoms with van der Waals surface area (Å²) in [6.45, 7) is 1.07. The number of benzene rings is 1. The molecule has 5 N–H and O–H groups in total. The minimum atomic E-state index is -1.77. The summed E-state index contributed by atoms with van der Waals surface area (Å²) in [5.41, 5.74) is 1.29. The number of aliphatic hydroxyl groups is 4. The maximum absolute atomic E-state index is 12.3. The number of imide groups is 1. The van der Waals surface area contributed by atoms with E-state index in [2.05, 4.69) is 5.32 Å². The fourth-order valence-corrected chi connectivity index (χ4v) is 2.20. The van der Waals surface area contributed by atoms with Crippen LogP contribution in [0.4, 0.5) is 10.5 Å². The molecule has 3 amide bonds. The number of rotatable bonds is 5. The van der Waals surface area contributed by atoms with Crippen molar-refractivity contribution in [2.24, 2.45) is 0 Å². The van der Waals surface area contributed by atoms with Crippen LogP contribution in [-0.2, 0) is 4.79 Å². The van der Waals surface area contributed by atoms with E-state index in [1.807, 2.05) is 6.92 Å². The van der Waals surface area contributed by atoms with Crippen molar-refractivity contribution in [3.05, 3.63) is 29.8 Å².